The Labute approximate surface area is 121 Å². The summed E-state index contributed by atoms with van der Waals surface area (Å²) >= 11 is 0. The zero-order valence-electron chi connectivity index (χ0n) is 12.2. The largest absolute Gasteiger partial charge is 0.481 e. The summed E-state index contributed by atoms with van der Waals surface area (Å²) < 4.78 is 5.28. The second kappa shape index (κ2) is 7.65. The van der Waals surface area contributed by atoms with E-state index in [1.165, 1.54) is 5.56 Å². The number of nitrogens with zero attached hydrogens (tertiary/aromatic N) is 1. The van der Waals surface area contributed by atoms with Gasteiger partial charge in [0.15, 0.2) is 0 Å². The number of rotatable bonds is 7. The molecule has 0 aliphatic carbocycles. The van der Waals surface area contributed by atoms with Crippen molar-refractivity contribution in [3.63, 3.8) is 0 Å². The zero-order valence-corrected chi connectivity index (χ0v) is 12.2. The Hall–Kier alpha value is -1.87. The van der Waals surface area contributed by atoms with Gasteiger partial charge in [-0.1, -0.05) is 43.3 Å². The molecular formula is C17H22N2O. The van der Waals surface area contributed by atoms with E-state index in [1.54, 1.807) is 13.3 Å². The quantitative estimate of drug-likeness (QED) is 0.839. The van der Waals surface area contributed by atoms with E-state index in [0.29, 0.717) is 11.9 Å². The lowest BCUT2D eigenvalue weighted by atomic mass is 10.0. The van der Waals surface area contributed by atoms with Gasteiger partial charge in [-0.15, -0.1) is 0 Å². The van der Waals surface area contributed by atoms with E-state index in [9.17, 15) is 0 Å². The molecule has 0 radical (unpaired) electrons. The highest BCUT2D eigenvalue weighted by Gasteiger charge is 2.09. The van der Waals surface area contributed by atoms with Gasteiger partial charge in [0.1, 0.15) is 0 Å². The van der Waals surface area contributed by atoms with Crippen molar-refractivity contribution in [2.45, 2.75) is 32.4 Å². The van der Waals surface area contributed by atoms with E-state index in [4.69, 9.17) is 4.74 Å². The van der Waals surface area contributed by atoms with Crippen LogP contribution in [-0.2, 0) is 13.0 Å². The third kappa shape index (κ3) is 4.07. The van der Waals surface area contributed by atoms with Gasteiger partial charge in [-0.2, -0.15) is 0 Å². The summed E-state index contributed by atoms with van der Waals surface area (Å²) in [6, 6.07) is 15.0. The predicted molar refractivity (Wildman–Crippen MR) is 81.9 cm³/mol. The summed E-state index contributed by atoms with van der Waals surface area (Å²) in [6.07, 6.45) is 3.89. The Balaban J connectivity index is 1.94. The fourth-order valence-electron chi connectivity index (χ4n) is 2.26. The monoisotopic (exact) mass is 270 g/mol. The minimum atomic E-state index is 0.460. The molecule has 0 aliphatic rings. The molecule has 1 aromatic heterocycles. The third-order valence-corrected chi connectivity index (χ3v) is 3.44. The van der Waals surface area contributed by atoms with Crippen LogP contribution in [0.3, 0.4) is 0 Å². The molecule has 0 saturated heterocycles. The lowest BCUT2D eigenvalue weighted by molar-refractivity contribution is 0.387. The van der Waals surface area contributed by atoms with Crippen LogP contribution in [0.2, 0.25) is 0 Å². The molecule has 2 aromatic rings. The van der Waals surface area contributed by atoms with E-state index in [1.807, 2.05) is 12.1 Å². The number of ether oxygens (including phenoxy) is 1. The van der Waals surface area contributed by atoms with Gasteiger partial charge >= 0.3 is 0 Å². The molecule has 0 spiro atoms. The smallest absolute Gasteiger partial charge is 0.217 e. The summed E-state index contributed by atoms with van der Waals surface area (Å²) in [5.41, 5.74) is 2.46. The standard InChI is InChI=1S/C17H22N2O/c1-3-16(12-14-8-5-4-6-9-14)19-13-15-10-7-11-18-17(15)20-2/h4-11,16,19H,3,12-13H2,1-2H3. The van der Waals surface area contributed by atoms with Crippen molar-refractivity contribution in [3.8, 4) is 5.88 Å². The van der Waals surface area contributed by atoms with Crippen molar-refractivity contribution in [2.75, 3.05) is 7.11 Å². The van der Waals surface area contributed by atoms with Crippen LogP contribution in [0.25, 0.3) is 0 Å². The van der Waals surface area contributed by atoms with Crippen LogP contribution in [0.4, 0.5) is 0 Å². The molecule has 3 heteroatoms. The average Bonchev–Trinajstić information content (AvgIpc) is 2.52. The van der Waals surface area contributed by atoms with Crippen molar-refractivity contribution in [1.29, 1.82) is 0 Å². The molecule has 1 unspecified atom stereocenters. The zero-order chi connectivity index (χ0) is 14.2. The summed E-state index contributed by atoms with van der Waals surface area (Å²) in [6.45, 7) is 2.99. The highest BCUT2D eigenvalue weighted by Crippen LogP contribution is 2.14. The average molecular weight is 270 g/mol. The van der Waals surface area contributed by atoms with Crippen LogP contribution in [0.15, 0.2) is 48.7 Å². The maximum atomic E-state index is 5.28. The molecule has 1 aromatic carbocycles. The number of methoxy groups -OCH3 is 1. The van der Waals surface area contributed by atoms with Crippen molar-refractivity contribution in [1.82, 2.24) is 10.3 Å². The summed E-state index contributed by atoms with van der Waals surface area (Å²) in [7, 11) is 1.66. The van der Waals surface area contributed by atoms with Gasteiger partial charge in [0.05, 0.1) is 7.11 Å². The lowest BCUT2D eigenvalue weighted by Crippen LogP contribution is -2.30. The second-order valence-corrected chi connectivity index (χ2v) is 4.85. The maximum absolute atomic E-state index is 5.28. The normalized spacial score (nSPS) is 12.1. The second-order valence-electron chi connectivity index (χ2n) is 4.85. The van der Waals surface area contributed by atoms with Crippen LogP contribution in [0.5, 0.6) is 5.88 Å². The molecule has 0 fully saturated rings. The van der Waals surface area contributed by atoms with Gasteiger partial charge in [0.2, 0.25) is 5.88 Å². The number of benzene rings is 1. The minimum Gasteiger partial charge on any atom is -0.481 e. The minimum absolute atomic E-state index is 0.460. The van der Waals surface area contributed by atoms with E-state index >= 15 is 0 Å². The van der Waals surface area contributed by atoms with E-state index < -0.39 is 0 Å². The first kappa shape index (κ1) is 14.5. The number of hydrogen-bond donors (Lipinski definition) is 1. The molecule has 1 heterocycles. The Morgan fingerprint density at radius 2 is 1.95 bits per heavy atom. The first-order valence-corrected chi connectivity index (χ1v) is 7.08. The van der Waals surface area contributed by atoms with E-state index in [0.717, 1.165) is 24.9 Å². The Bertz CT molecular complexity index is 513. The van der Waals surface area contributed by atoms with Crippen LogP contribution >= 0.6 is 0 Å². The van der Waals surface area contributed by atoms with Crippen LogP contribution in [0, 0.1) is 0 Å². The molecule has 1 N–H and O–H groups in total. The van der Waals surface area contributed by atoms with E-state index in [-0.39, 0.29) is 0 Å². The summed E-state index contributed by atoms with van der Waals surface area (Å²) in [4.78, 5) is 4.22. The van der Waals surface area contributed by atoms with E-state index in [2.05, 4.69) is 47.6 Å². The number of aromatic nitrogens is 1. The topological polar surface area (TPSA) is 34.2 Å². The van der Waals surface area contributed by atoms with Gasteiger partial charge in [0.25, 0.3) is 0 Å². The van der Waals surface area contributed by atoms with Crippen LogP contribution in [-0.4, -0.2) is 18.1 Å². The van der Waals surface area contributed by atoms with Gasteiger partial charge in [-0.25, -0.2) is 4.98 Å². The molecule has 0 amide bonds. The van der Waals surface area contributed by atoms with Crippen LogP contribution in [0.1, 0.15) is 24.5 Å². The summed E-state index contributed by atoms with van der Waals surface area (Å²) in [5.74, 6) is 0.703. The molecule has 2 rings (SSSR count). The number of hydrogen-bond acceptors (Lipinski definition) is 3. The molecule has 0 saturated carbocycles. The molecule has 0 bridgehead atoms. The first-order chi connectivity index (χ1) is 9.83. The van der Waals surface area contributed by atoms with Crippen molar-refractivity contribution in [2.24, 2.45) is 0 Å². The molecule has 20 heavy (non-hydrogen) atoms. The fourth-order valence-corrected chi connectivity index (χ4v) is 2.26. The Kier molecular flexibility index (Phi) is 5.56. The molecule has 0 aliphatic heterocycles. The SMILES string of the molecule is CCC(Cc1ccccc1)NCc1cccnc1OC. The fraction of sp³-hybridized carbons (Fsp3) is 0.353. The molecule has 3 nitrogen and oxygen atoms in total. The highest BCUT2D eigenvalue weighted by molar-refractivity contribution is 5.25. The molecule has 1 atom stereocenters. The van der Waals surface area contributed by atoms with Gasteiger partial charge in [-0.05, 0) is 24.5 Å². The van der Waals surface area contributed by atoms with Gasteiger partial charge in [0, 0.05) is 24.3 Å². The lowest BCUT2D eigenvalue weighted by Gasteiger charge is -2.17. The Morgan fingerprint density at radius 1 is 1.15 bits per heavy atom. The van der Waals surface area contributed by atoms with Crippen molar-refractivity contribution < 1.29 is 4.74 Å². The molecule has 106 valence electrons. The highest BCUT2D eigenvalue weighted by atomic mass is 16.5. The summed E-state index contributed by atoms with van der Waals surface area (Å²) in [5, 5.41) is 3.59. The van der Waals surface area contributed by atoms with Gasteiger partial charge in [-0.3, -0.25) is 0 Å². The molecular weight excluding hydrogens is 248 g/mol. The maximum Gasteiger partial charge on any atom is 0.217 e. The number of pyridine rings is 1. The third-order valence-electron chi connectivity index (χ3n) is 3.44. The first-order valence-electron chi connectivity index (χ1n) is 7.08. The van der Waals surface area contributed by atoms with Crippen molar-refractivity contribution in [3.05, 3.63) is 59.8 Å². The van der Waals surface area contributed by atoms with Gasteiger partial charge < -0.3 is 10.1 Å². The Morgan fingerprint density at radius 3 is 2.65 bits per heavy atom. The predicted octanol–water partition coefficient (Wildman–Crippen LogP) is 3.20. The van der Waals surface area contributed by atoms with Crippen LogP contribution < -0.4 is 10.1 Å². The van der Waals surface area contributed by atoms with Crippen molar-refractivity contribution >= 4 is 0 Å². The number of nitrogens with one attached hydrogen (secondary N) is 1.